The van der Waals surface area contributed by atoms with Crippen LogP contribution < -0.4 is 21.1 Å². The molecular weight excluding hydrogens is 467 g/mol. The van der Waals surface area contributed by atoms with Crippen molar-refractivity contribution in [2.24, 2.45) is 0 Å². The van der Waals surface area contributed by atoms with Gasteiger partial charge in [0, 0.05) is 31.0 Å². The van der Waals surface area contributed by atoms with Crippen LogP contribution in [0.15, 0.2) is 45.7 Å². The molecule has 1 aliphatic heterocycles. The number of anilines is 4. The number of fused-ring (bicyclic) bond motifs is 1. The summed E-state index contributed by atoms with van der Waals surface area (Å²) in [5.41, 5.74) is 4.16. The van der Waals surface area contributed by atoms with E-state index in [-0.39, 0.29) is 11.8 Å². The van der Waals surface area contributed by atoms with Gasteiger partial charge in [0.05, 0.1) is 24.9 Å². The third-order valence-corrected chi connectivity index (χ3v) is 5.90. The molecule has 1 saturated heterocycles. The zero-order chi connectivity index (χ0) is 25.1. The Morgan fingerprint density at radius 1 is 1.11 bits per heavy atom. The third kappa shape index (κ3) is 5.47. The first-order valence-corrected chi connectivity index (χ1v) is 11.7. The molecule has 4 aromatic rings. The predicted octanol–water partition coefficient (Wildman–Crippen LogP) is 3.87. The number of oxazole rings is 1. The lowest BCUT2D eigenvalue weighted by Gasteiger charge is -2.26. The van der Waals surface area contributed by atoms with Gasteiger partial charge in [-0.15, -0.1) is 0 Å². The largest absolute Gasteiger partial charge is 0.492 e. The molecule has 0 saturated carbocycles. The van der Waals surface area contributed by atoms with Crippen molar-refractivity contribution >= 4 is 34.2 Å². The number of aryl methyl sites for hydroxylation is 2. The van der Waals surface area contributed by atoms with Crippen molar-refractivity contribution in [3.63, 3.8) is 0 Å². The number of morpholine rings is 1. The Morgan fingerprint density at radius 3 is 2.67 bits per heavy atom. The van der Waals surface area contributed by atoms with Crippen molar-refractivity contribution < 1.29 is 18.3 Å². The lowest BCUT2D eigenvalue weighted by atomic mass is 10.1. The van der Waals surface area contributed by atoms with E-state index in [4.69, 9.17) is 13.9 Å². The summed E-state index contributed by atoms with van der Waals surface area (Å²) in [4.78, 5) is 24.6. The van der Waals surface area contributed by atoms with Crippen LogP contribution in [0, 0.1) is 19.7 Å². The van der Waals surface area contributed by atoms with E-state index in [1.807, 2.05) is 26.0 Å². The molecule has 2 aromatic heterocycles. The molecule has 0 amide bonds. The Kier molecular flexibility index (Phi) is 6.83. The molecule has 1 fully saturated rings. The Morgan fingerprint density at radius 2 is 1.89 bits per heavy atom. The molecule has 0 aliphatic carbocycles. The summed E-state index contributed by atoms with van der Waals surface area (Å²) in [6.07, 6.45) is 1.10. The smallest absolute Gasteiger partial charge is 0.417 e. The summed E-state index contributed by atoms with van der Waals surface area (Å²) in [7, 11) is 0. The number of nitrogens with one attached hydrogen (secondary N) is 3. The van der Waals surface area contributed by atoms with Crippen LogP contribution in [0.1, 0.15) is 11.1 Å². The zero-order valence-corrected chi connectivity index (χ0v) is 20.1. The summed E-state index contributed by atoms with van der Waals surface area (Å²) in [6, 6.07) is 8.81. The highest BCUT2D eigenvalue weighted by atomic mass is 19.1. The molecular formula is C25H27FN6O4. The van der Waals surface area contributed by atoms with Crippen LogP contribution in [-0.2, 0) is 4.74 Å². The normalized spacial score (nSPS) is 14.2. The number of benzene rings is 2. The minimum absolute atomic E-state index is 0.00537. The van der Waals surface area contributed by atoms with Gasteiger partial charge in [-0.05, 0) is 55.3 Å². The molecule has 0 radical (unpaired) electrons. The van der Waals surface area contributed by atoms with Gasteiger partial charge in [-0.2, -0.15) is 4.98 Å². The summed E-state index contributed by atoms with van der Waals surface area (Å²) in [6.45, 7) is 8.80. The van der Waals surface area contributed by atoms with E-state index in [0.717, 1.165) is 61.6 Å². The molecule has 0 unspecified atom stereocenters. The molecule has 5 rings (SSSR count). The van der Waals surface area contributed by atoms with Gasteiger partial charge in [0.2, 0.25) is 5.95 Å². The second kappa shape index (κ2) is 10.3. The summed E-state index contributed by atoms with van der Waals surface area (Å²) < 4.78 is 30.9. The van der Waals surface area contributed by atoms with Crippen LogP contribution in [0.5, 0.6) is 5.75 Å². The Labute approximate surface area is 206 Å². The highest BCUT2D eigenvalue weighted by Crippen LogP contribution is 2.29. The van der Waals surface area contributed by atoms with Crippen LogP contribution in [0.2, 0.25) is 0 Å². The molecule has 11 heteroatoms. The molecule has 10 nitrogen and oxygen atoms in total. The SMILES string of the molecule is Cc1cc(Nc2ncc(F)c(Nc3ccc4oc(=O)[nH]c4c3)n2)cc(C)c1OCCN1CCOCC1. The van der Waals surface area contributed by atoms with Crippen molar-refractivity contribution in [3.8, 4) is 5.75 Å². The minimum atomic E-state index is -0.613. The van der Waals surface area contributed by atoms with Gasteiger partial charge in [-0.25, -0.2) is 14.2 Å². The maximum atomic E-state index is 14.4. The second-order valence-electron chi connectivity index (χ2n) is 8.61. The maximum absolute atomic E-state index is 14.4. The van der Waals surface area contributed by atoms with Crippen molar-refractivity contribution in [2.75, 3.05) is 50.1 Å². The summed E-state index contributed by atoms with van der Waals surface area (Å²) in [5, 5.41) is 6.06. The fraction of sp³-hybridized carbons (Fsp3) is 0.320. The molecule has 3 heterocycles. The number of nitrogens with zero attached hydrogens (tertiary/aromatic N) is 3. The predicted molar refractivity (Wildman–Crippen MR) is 134 cm³/mol. The van der Waals surface area contributed by atoms with E-state index in [9.17, 15) is 9.18 Å². The van der Waals surface area contributed by atoms with Gasteiger partial charge in [0.25, 0.3) is 0 Å². The maximum Gasteiger partial charge on any atom is 0.417 e. The van der Waals surface area contributed by atoms with Crippen molar-refractivity contribution in [1.29, 1.82) is 0 Å². The topological polar surface area (TPSA) is 118 Å². The number of aromatic nitrogens is 3. The second-order valence-corrected chi connectivity index (χ2v) is 8.61. The number of H-pyrrole nitrogens is 1. The first-order valence-electron chi connectivity index (χ1n) is 11.7. The molecule has 0 bridgehead atoms. The number of hydrogen-bond donors (Lipinski definition) is 3. The van der Waals surface area contributed by atoms with Crippen LogP contribution in [0.4, 0.5) is 27.5 Å². The average molecular weight is 495 g/mol. The summed E-state index contributed by atoms with van der Waals surface area (Å²) in [5.74, 6) is -0.0896. The highest BCUT2D eigenvalue weighted by Gasteiger charge is 2.13. The summed E-state index contributed by atoms with van der Waals surface area (Å²) >= 11 is 0. The van der Waals surface area contributed by atoms with Gasteiger partial charge in [-0.3, -0.25) is 9.88 Å². The van der Waals surface area contributed by atoms with Crippen molar-refractivity contribution in [3.05, 3.63) is 64.0 Å². The molecule has 1 aliphatic rings. The number of hydrogen-bond acceptors (Lipinski definition) is 9. The van der Waals surface area contributed by atoms with E-state index in [2.05, 4.69) is 30.5 Å². The van der Waals surface area contributed by atoms with Crippen LogP contribution >= 0.6 is 0 Å². The quantitative estimate of drug-likeness (QED) is 0.336. The van der Waals surface area contributed by atoms with E-state index >= 15 is 0 Å². The van der Waals surface area contributed by atoms with Crippen LogP contribution in [-0.4, -0.2) is 59.3 Å². The fourth-order valence-corrected chi connectivity index (χ4v) is 4.16. The first kappa shape index (κ1) is 23.8. The lowest BCUT2D eigenvalue weighted by Crippen LogP contribution is -2.38. The zero-order valence-electron chi connectivity index (χ0n) is 20.1. The van der Waals surface area contributed by atoms with E-state index in [1.165, 1.54) is 0 Å². The van der Waals surface area contributed by atoms with Gasteiger partial charge >= 0.3 is 5.76 Å². The third-order valence-electron chi connectivity index (χ3n) is 5.90. The molecule has 0 atom stereocenters. The van der Waals surface area contributed by atoms with Gasteiger partial charge in [-0.1, -0.05) is 0 Å². The number of ether oxygens (including phenoxy) is 2. The lowest BCUT2D eigenvalue weighted by molar-refractivity contribution is 0.0322. The van der Waals surface area contributed by atoms with Gasteiger partial charge in [0.15, 0.2) is 17.2 Å². The van der Waals surface area contributed by atoms with Crippen molar-refractivity contribution in [1.82, 2.24) is 19.9 Å². The number of halogens is 1. The molecule has 0 spiro atoms. The van der Waals surface area contributed by atoms with Crippen LogP contribution in [0.25, 0.3) is 11.1 Å². The van der Waals surface area contributed by atoms with E-state index < -0.39 is 11.6 Å². The Bertz CT molecular complexity index is 1410. The monoisotopic (exact) mass is 494 g/mol. The molecule has 3 N–H and O–H groups in total. The van der Waals surface area contributed by atoms with E-state index in [1.54, 1.807) is 18.2 Å². The standard InChI is InChI=1S/C25H27FN6O4/c1-15-11-18(12-16(2)22(15)35-10-7-32-5-8-34-9-6-32)29-24-27-14-19(26)23(31-24)28-17-3-4-21-20(13-17)30-25(33)36-21/h3-4,11-14H,5-10H2,1-2H3,(H,30,33)(H2,27,28,29,31). The highest BCUT2D eigenvalue weighted by molar-refractivity contribution is 5.78. The number of rotatable bonds is 8. The van der Waals surface area contributed by atoms with Gasteiger partial charge < -0.3 is 24.5 Å². The van der Waals surface area contributed by atoms with Crippen molar-refractivity contribution in [2.45, 2.75) is 13.8 Å². The molecule has 188 valence electrons. The first-order chi connectivity index (χ1) is 17.4. The van der Waals surface area contributed by atoms with Crippen LogP contribution in [0.3, 0.4) is 0 Å². The average Bonchev–Trinajstić information content (AvgIpc) is 3.23. The molecule has 2 aromatic carbocycles. The molecule has 36 heavy (non-hydrogen) atoms. The Balaban J connectivity index is 1.26. The minimum Gasteiger partial charge on any atom is -0.492 e. The van der Waals surface area contributed by atoms with E-state index in [0.29, 0.717) is 23.4 Å². The Hall–Kier alpha value is -3.96. The number of aromatic amines is 1. The fourth-order valence-electron chi connectivity index (χ4n) is 4.16. The van der Waals surface area contributed by atoms with Gasteiger partial charge in [0.1, 0.15) is 12.4 Å².